The van der Waals surface area contributed by atoms with Gasteiger partial charge >= 0.3 is 6.18 Å². The lowest BCUT2D eigenvalue weighted by atomic mass is 9.75. The molecule has 1 heterocycles. The lowest BCUT2D eigenvalue weighted by molar-refractivity contribution is -0.138. The van der Waals surface area contributed by atoms with Crippen molar-refractivity contribution in [1.29, 1.82) is 0 Å². The molecule has 1 aliphatic carbocycles. The molecule has 2 aliphatic rings. The first-order valence-corrected chi connectivity index (χ1v) is 9.18. The monoisotopic (exact) mass is 417 g/mol. The Morgan fingerprint density at radius 1 is 0.962 bits per heavy atom. The van der Waals surface area contributed by atoms with E-state index in [0.29, 0.717) is 22.2 Å². The molecule has 0 aromatic heterocycles. The number of hydrogen-bond acceptors (Lipinski definition) is 1. The highest BCUT2D eigenvalue weighted by atomic mass is 35.5. The summed E-state index contributed by atoms with van der Waals surface area (Å²) in [5, 5.41) is 4.36. The Morgan fingerprint density at radius 3 is 2.38 bits per heavy atom. The zero-order valence-corrected chi connectivity index (χ0v) is 15.5. The van der Waals surface area contributed by atoms with Gasteiger partial charge in [0.05, 0.1) is 32.4 Å². The summed E-state index contributed by atoms with van der Waals surface area (Å²) in [4.78, 5) is 0. The van der Waals surface area contributed by atoms with Gasteiger partial charge in [-0.25, -0.2) is 0 Å². The SMILES string of the molecule is FC(F)(F)c1ccc(Cl)c2c1[C@@H]1C=CC[C@@H]1[C@@H](c1ccc(Cl)c(Cl)c1)N2. The van der Waals surface area contributed by atoms with Crippen molar-refractivity contribution in [1.82, 2.24) is 0 Å². The number of benzene rings is 2. The highest BCUT2D eigenvalue weighted by Crippen LogP contribution is 2.55. The van der Waals surface area contributed by atoms with E-state index in [1.807, 2.05) is 18.2 Å². The van der Waals surface area contributed by atoms with Crippen molar-refractivity contribution in [2.24, 2.45) is 5.92 Å². The van der Waals surface area contributed by atoms with Crippen LogP contribution in [-0.4, -0.2) is 0 Å². The molecule has 1 nitrogen and oxygen atoms in total. The molecule has 1 aliphatic heterocycles. The van der Waals surface area contributed by atoms with Crippen molar-refractivity contribution in [3.05, 3.63) is 74.2 Å². The van der Waals surface area contributed by atoms with Crippen LogP contribution in [0.1, 0.15) is 35.1 Å². The number of halogens is 6. The minimum atomic E-state index is -4.44. The van der Waals surface area contributed by atoms with Crippen LogP contribution in [0, 0.1) is 5.92 Å². The van der Waals surface area contributed by atoms with Gasteiger partial charge < -0.3 is 5.32 Å². The van der Waals surface area contributed by atoms with Crippen LogP contribution in [0.2, 0.25) is 15.1 Å². The molecule has 0 spiro atoms. The number of allylic oxidation sites excluding steroid dienone is 2. The van der Waals surface area contributed by atoms with Crippen LogP contribution in [0.5, 0.6) is 0 Å². The zero-order chi connectivity index (χ0) is 18.6. The van der Waals surface area contributed by atoms with Crippen molar-refractivity contribution in [2.75, 3.05) is 5.32 Å². The van der Waals surface area contributed by atoms with E-state index in [1.165, 1.54) is 6.07 Å². The molecule has 136 valence electrons. The Bertz CT molecular complexity index is 908. The van der Waals surface area contributed by atoms with Crippen molar-refractivity contribution in [2.45, 2.75) is 24.6 Å². The van der Waals surface area contributed by atoms with Gasteiger partial charge in [-0.1, -0.05) is 53.0 Å². The van der Waals surface area contributed by atoms with Crippen molar-refractivity contribution < 1.29 is 13.2 Å². The highest BCUT2D eigenvalue weighted by Gasteiger charge is 2.44. The molecule has 0 amide bonds. The first kappa shape index (κ1) is 18.0. The van der Waals surface area contributed by atoms with Gasteiger partial charge in [-0.15, -0.1) is 0 Å². The fourth-order valence-corrected chi connectivity index (χ4v) is 4.48. The van der Waals surface area contributed by atoms with E-state index in [1.54, 1.807) is 12.1 Å². The minimum absolute atomic E-state index is 0.0562. The average molecular weight is 419 g/mol. The maximum atomic E-state index is 13.6. The standard InChI is InChI=1S/C19H13Cl3F3N/c20-13-6-4-9(8-15(13)22)17-11-3-1-2-10(11)16-12(19(23,24)25)5-7-14(21)18(16)26-17/h1-2,4-8,10-11,17,26H,3H2/t10-,11+,17-/m1/s1. The van der Waals surface area contributed by atoms with Crippen LogP contribution < -0.4 is 5.32 Å². The first-order valence-electron chi connectivity index (χ1n) is 8.05. The van der Waals surface area contributed by atoms with Crippen LogP contribution in [0.4, 0.5) is 18.9 Å². The third kappa shape index (κ3) is 2.88. The topological polar surface area (TPSA) is 12.0 Å². The van der Waals surface area contributed by atoms with Crippen LogP contribution in [-0.2, 0) is 6.18 Å². The number of alkyl halides is 3. The van der Waals surface area contributed by atoms with Crippen LogP contribution in [0.15, 0.2) is 42.5 Å². The molecule has 4 rings (SSSR count). The highest BCUT2D eigenvalue weighted by molar-refractivity contribution is 6.42. The summed E-state index contributed by atoms with van der Waals surface area (Å²) in [5.41, 5.74) is 0.793. The van der Waals surface area contributed by atoms with E-state index >= 15 is 0 Å². The van der Waals surface area contributed by atoms with E-state index in [4.69, 9.17) is 34.8 Å². The first-order chi connectivity index (χ1) is 12.3. The molecular formula is C19H13Cl3F3N. The summed E-state index contributed by atoms with van der Waals surface area (Å²) in [6.45, 7) is 0. The summed E-state index contributed by atoms with van der Waals surface area (Å²) in [6, 6.07) is 7.43. The zero-order valence-electron chi connectivity index (χ0n) is 13.2. The molecule has 2 aromatic carbocycles. The van der Waals surface area contributed by atoms with E-state index in [9.17, 15) is 13.2 Å². The molecule has 0 radical (unpaired) electrons. The Morgan fingerprint density at radius 2 is 1.69 bits per heavy atom. The van der Waals surface area contributed by atoms with E-state index < -0.39 is 11.7 Å². The van der Waals surface area contributed by atoms with Gasteiger partial charge in [0.2, 0.25) is 0 Å². The van der Waals surface area contributed by atoms with E-state index in [0.717, 1.165) is 11.6 Å². The quantitative estimate of drug-likeness (QED) is 0.473. The minimum Gasteiger partial charge on any atom is -0.376 e. The smallest absolute Gasteiger partial charge is 0.376 e. The lowest BCUT2D eigenvalue weighted by Crippen LogP contribution is -2.31. The molecule has 0 fully saturated rings. The summed E-state index contributed by atoms with van der Waals surface area (Å²) in [5.74, 6) is -0.416. The van der Waals surface area contributed by atoms with Crippen LogP contribution in [0.25, 0.3) is 0 Å². The Balaban J connectivity index is 1.87. The van der Waals surface area contributed by atoms with Crippen LogP contribution in [0.3, 0.4) is 0 Å². The molecule has 0 unspecified atom stereocenters. The van der Waals surface area contributed by atoms with Gasteiger partial charge in [-0.05, 0) is 47.7 Å². The molecule has 0 bridgehead atoms. The Hall–Kier alpha value is -1.36. The molecule has 2 aromatic rings. The number of hydrogen-bond donors (Lipinski definition) is 1. The van der Waals surface area contributed by atoms with Gasteiger partial charge in [-0.3, -0.25) is 0 Å². The van der Waals surface area contributed by atoms with Gasteiger partial charge in [0.25, 0.3) is 0 Å². The summed E-state index contributed by atoms with van der Waals surface area (Å²) >= 11 is 18.4. The predicted octanol–water partition coefficient (Wildman–Crippen LogP) is 7.49. The Kier molecular flexibility index (Phi) is 4.41. The third-order valence-electron chi connectivity index (χ3n) is 5.08. The summed E-state index contributed by atoms with van der Waals surface area (Å²) in [6.07, 6.45) is 0.0116. The van der Waals surface area contributed by atoms with E-state index in [2.05, 4.69) is 5.32 Å². The summed E-state index contributed by atoms with van der Waals surface area (Å²) in [7, 11) is 0. The van der Waals surface area contributed by atoms with Gasteiger partial charge in [0.15, 0.2) is 0 Å². The average Bonchev–Trinajstić information content (AvgIpc) is 3.06. The maximum Gasteiger partial charge on any atom is 0.416 e. The lowest BCUT2D eigenvalue weighted by Gasteiger charge is -2.39. The van der Waals surface area contributed by atoms with Gasteiger partial charge in [-0.2, -0.15) is 13.2 Å². The number of nitrogens with one attached hydrogen (secondary N) is 1. The fourth-order valence-electron chi connectivity index (χ4n) is 3.96. The van der Waals surface area contributed by atoms with Gasteiger partial charge in [0.1, 0.15) is 0 Å². The molecule has 1 N–H and O–H groups in total. The van der Waals surface area contributed by atoms with Crippen molar-refractivity contribution >= 4 is 40.5 Å². The fraction of sp³-hybridized carbons (Fsp3) is 0.263. The number of fused-ring (bicyclic) bond motifs is 3. The number of anilines is 1. The number of rotatable bonds is 1. The second kappa shape index (κ2) is 6.36. The van der Waals surface area contributed by atoms with Gasteiger partial charge in [0, 0.05) is 5.92 Å². The van der Waals surface area contributed by atoms with Crippen molar-refractivity contribution in [3.8, 4) is 0 Å². The second-order valence-electron chi connectivity index (χ2n) is 6.53. The Labute approximate surface area is 163 Å². The predicted molar refractivity (Wildman–Crippen MR) is 99.3 cm³/mol. The van der Waals surface area contributed by atoms with Crippen molar-refractivity contribution in [3.63, 3.8) is 0 Å². The normalized spacial score (nSPS) is 24.2. The molecule has 0 saturated carbocycles. The molecule has 26 heavy (non-hydrogen) atoms. The second-order valence-corrected chi connectivity index (χ2v) is 7.75. The maximum absolute atomic E-state index is 13.6. The van der Waals surface area contributed by atoms with E-state index in [-0.39, 0.29) is 28.5 Å². The molecular weight excluding hydrogens is 406 g/mol. The van der Waals surface area contributed by atoms with Crippen LogP contribution >= 0.6 is 34.8 Å². The molecule has 7 heteroatoms. The molecule has 3 atom stereocenters. The molecule has 0 saturated heterocycles. The third-order valence-corrected chi connectivity index (χ3v) is 6.13. The summed E-state index contributed by atoms with van der Waals surface area (Å²) < 4.78 is 40.7. The largest absolute Gasteiger partial charge is 0.416 e.